The van der Waals surface area contributed by atoms with Crippen molar-refractivity contribution < 1.29 is 22.7 Å². The van der Waals surface area contributed by atoms with Crippen molar-refractivity contribution in [3.8, 4) is 0 Å². The Bertz CT molecular complexity index is 811. The van der Waals surface area contributed by atoms with E-state index < -0.39 is 15.8 Å². The highest BCUT2D eigenvalue weighted by molar-refractivity contribution is 7.92. The minimum Gasteiger partial charge on any atom is -0.466 e. The monoisotopic (exact) mass is 424 g/mol. The van der Waals surface area contributed by atoms with Gasteiger partial charge in [0.05, 0.1) is 24.0 Å². The number of esters is 1. The van der Waals surface area contributed by atoms with Crippen LogP contribution in [-0.4, -0.2) is 60.0 Å². The first-order valence-electron chi connectivity index (χ1n) is 10.7. The van der Waals surface area contributed by atoms with Gasteiger partial charge in [0.2, 0.25) is 0 Å². The van der Waals surface area contributed by atoms with Gasteiger partial charge >= 0.3 is 5.97 Å². The van der Waals surface area contributed by atoms with Crippen LogP contribution in [0.4, 0.5) is 0 Å². The summed E-state index contributed by atoms with van der Waals surface area (Å²) in [6.45, 7) is 0.923. The highest BCUT2D eigenvalue weighted by atomic mass is 32.2. The Morgan fingerprint density at radius 2 is 1.86 bits per heavy atom. The topological polar surface area (TPSA) is 85.7 Å². The van der Waals surface area contributed by atoms with Crippen LogP contribution in [0.3, 0.4) is 0 Å². The third-order valence-corrected chi connectivity index (χ3v) is 8.43. The van der Waals surface area contributed by atoms with Crippen LogP contribution >= 0.6 is 0 Å². The van der Waals surface area contributed by atoms with Crippen LogP contribution in [0.25, 0.3) is 0 Å². The fourth-order valence-electron chi connectivity index (χ4n) is 4.42. The number of aromatic nitrogens is 1. The molecule has 1 unspecified atom stereocenters. The van der Waals surface area contributed by atoms with E-state index in [1.807, 2.05) is 34.8 Å². The molecule has 0 aromatic carbocycles. The number of rotatable bonds is 8. The lowest BCUT2D eigenvalue weighted by Crippen LogP contribution is -2.44. The zero-order chi connectivity index (χ0) is 20.9. The molecule has 1 aliphatic heterocycles. The average molecular weight is 425 g/mol. The molecule has 0 N–H and O–H groups in total. The van der Waals surface area contributed by atoms with E-state index in [4.69, 9.17) is 4.74 Å². The van der Waals surface area contributed by atoms with Crippen LogP contribution in [0.2, 0.25) is 0 Å². The molecule has 2 fully saturated rings. The van der Waals surface area contributed by atoms with E-state index in [-0.39, 0.29) is 36.0 Å². The van der Waals surface area contributed by atoms with Crippen molar-refractivity contribution in [1.29, 1.82) is 0 Å². The lowest BCUT2D eigenvalue weighted by atomic mass is 9.99. The van der Waals surface area contributed by atoms with E-state index in [1.54, 1.807) is 0 Å². The van der Waals surface area contributed by atoms with Gasteiger partial charge in [-0.25, -0.2) is 8.42 Å². The quantitative estimate of drug-likeness (QED) is 0.599. The predicted octanol–water partition coefficient (Wildman–Crippen LogP) is 2.70. The van der Waals surface area contributed by atoms with E-state index in [1.165, 1.54) is 0 Å². The number of nitrogens with zero attached hydrogens (tertiary/aromatic N) is 2. The van der Waals surface area contributed by atoms with E-state index in [0.29, 0.717) is 31.5 Å². The number of ether oxygens (including phenoxy) is 1. The summed E-state index contributed by atoms with van der Waals surface area (Å²) in [6, 6.07) is 3.72. The van der Waals surface area contributed by atoms with Crippen molar-refractivity contribution in [3.05, 3.63) is 24.0 Å². The first-order valence-corrected chi connectivity index (χ1v) is 12.4. The maximum atomic E-state index is 12.9. The van der Waals surface area contributed by atoms with E-state index in [9.17, 15) is 18.0 Å². The number of sulfone groups is 1. The number of carbonyl (C=O) groups excluding carboxylic acids is 2. The molecule has 1 aromatic rings. The first-order chi connectivity index (χ1) is 13.9. The Hall–Kier alpha value is -1.83. The van der Waals surface area contributed by atoms with Crippen LogP contribution in [0.1, 0.15) is 68.3 Å². The van der Waals surface area contributed by atoms with E-state index in [0.717, 1.165) is 32.1 Å². The standard InChI is InChI=1S/C21H32N2O5S/c1-22-13-6-10-19(22)21(25)23-14-5-4-7-17(23)11-15-28-20(24)12-16-29(26,27)18-8-2-3-9-18/h6,10,13,17-18H,2-5,7-9,11-12,14-16H2,1H3. The molecular weight excluding hydrogens is 392 g/mol. The molecule has 0 radical (unpaired) electrons. The number of hydrogen-bond donors (Lipinski definition) is 0. The third kappa shape index (κ3) is 5.62. The fraction of sp³-hybridized carbons (Fsp3) is 0.714. The summed E-state index contributed by atoms with van der Waals surface area (Å²) in [5.41, 5.74) is 0.658. The van der Waals surface area contributed by atoms with Gasteiger partial charge < -0.3 is 14.2 Å². The second-order valence-electron chi connectivity index (χ2n) is 8.19. The number of aryl methyl sites for hydroxylation is 1. The van der Waals surface area contributed by atoms with E-state index >= 15 is 0 Å². The fourth-order valence-corrected chi connectivity index (χ4v) is 6.26. The Balaban J connectivity index is 1.45. The molecule has 1 atom stereocenters. The largest absolute Gasteiger partial charge is 0.466 e. The maximum Gasteiger partial charge on any atom is 0.306 e. The lowest BCUT2D eigenvalue weighted by molar-refractivity contribution is -0.143. The van der Waals surface area contributed by atoms with Gasteiger partial charge in [0.25, 0.3) is 5.91 Å². The summed E-state index contributed by atoms with van der Waals surface area (Å²) < 4.78 is 31.6. The van der Waals surface area contributed by atoms with Gasteiger partial charge in [-0.2, -0.15) is 0 Å². The van der Waals surface area contributed by atoms with Crippen molar-refractivity contribution in [3.63, 3.8) is 0 Å². The number of amides is 1. The van der Waals surface area contributed by atoms with Gasteiger partial charge in [-0.05, 0) is 44.2 Å². The Morgan fingerprint density at radius 3 is 2.55 bits per heavy atom. The minimum atomic E-state index is -3.21. The van der Waals surface area contributed by atoms with Crippen molar-refractivity contribution in [2.75, 3.05) is 18.9 Å². The van der Waals surface area contributed by atoms with Crippen molar-refractivity contribution in [1.82, 2.24) is 9.47 Å². The summed E-state index contributed by atoms with van der Waals surface area (Å²) in [6.07, 6.45) is 8.60. The average Bonchev–Trinajstić information content (AvgIpc) is 3.39. The molecule has 8 heteroatoms. The minimum absolute atomic E-state index is 0.0104. The van der Waals surface area contributed by atoms with Crippen molar-refractivity contribution in [2.45, 2.75) is 69.1 Å². The molecule has 0 spiro atoms. The van der Waals surface area contributed by atoms with Gasteiger partial charge in [0.1, 0.15) is 5.69 Å². The molecule has 1 aliphatic carbocycles. The normalized spacial score (nSPS) is 20.7. The van der Waals surface area contributed by atoms with Crippen LogP contribution in [0, 0.1) is 0 Å². The molecular formula is C21H32N2O5S. The summed E-state index contributed by atoms with van der Waals surface area (Å²) >= 11 is 0. The molecule has 2 heterocycles. The molecule has 162 valence electrons. The lowest BCUT2D eigenvalue weighted by Gasteiger charge is -2.35. The molecule has 1 saturated carbocycles. The van der Waals surface area contributed by atoms with Crippen LogP contribution < -0.4 is 0 Å². The second-order valence-corrected chi connectivity index (χ2v) is 10.6. The van der Waals surface area contributed by atoms with Crippen molar-refractivity contribution in [2.24, 2.45) is 7.05 Å². The smallest absolute Gasteiger partial charge is 0.306 e. The molecule has 3 rings (SSSR count). The van der Waals surface area contributed by atoms with Crippen LogP contribution in [0.15, 0.2) is 18.3 Å². The molecule has 7 nitrogen and oxygen atoms in total. The maximum absolute atomic E-state index is 12.9. The second kappa shape index (κ2) is 9.78. The first kappa shape index (κ1) is 21.9. The molecule has 2 aliphatic rings. The van der Waals surface area contributed by atoms with Gasteiger partial charge in [-0.15, -0.1) is 0 Å². The Labute approximate surface area is 173 Å². The summed E-state index contributed by atoms with van der Waals surface area (Å²) in [4.78, 5) is 26.8. The van der Waals surface area contributed by atoms with Gasteiger partial charge in [-0.1, -0.05) is 12.8 Å². The Kier molecular flexibility index (Phi) is 7.38. The number of piperidine rings is 1. The Morgan fingerprint density at radius 1 is 1.14 bits per heavy atom. The number of carbonyl (C=O) groups is 2. The van der Waals surface area contributed by atoms with E-state index in [2.05, 4.69) is 0 Å². The third-order valence-electron chi connectivity index (χ3n) is 6.17. The molecule has 1 amide bonds. The van der Waals surface area contributed by atoms with Gasteiger partial charge in [0.15, 0.2) is 9.84 Å². The van der Waals surface area contributed by atoms with Gasteiger partial charge in [0, 0.05) is 32.3 Å². The summed E-state index contributed by atoms with van der Waals surface area (Å²) in [7, 11) is -1.35. The van der Waals surface area contributed by atoms with Crippen molar-refractivity contribution >= 4 is 21.7 Å². The van der Waals surface area contributed by atoms with Crippen LogP contribution in [-0.2, 0) is 26.4 Å². The molecule has 1 saturated heterocycles. The SMILES string of the molecule is Cn1cccc1C(=O)N1CCCCC1CCOC(=O)CCS(=O)(=O)C1CCCC1. The highest BCUT2D eigenvalue weighted by Crippen LogP contribution is 2.26. The molecule has 1 aromatic heterocycles. The zero-order valence-corrected chi connectivity index (χ0v) is 18.0. The number of hydrogen-bond acceptors (Lipinski definition) is 5. The van der Waals surface area contributed by atoms with Crippen LogP contribution in [0.5, 0.6) is 0 Å². The highest BCUT2D eigenvalue weighted by Gasteiger charge is 2.30. The number of likely N-dealkylation sites (tertiary alicyclic amines) is 1. The van der Waals surface area contributed by atoms with Gasteiger partial charge in [-0.3, -0.25) is 9.59 Å². The zero-order valence-electron chi connectivity index (χ0n) is 17.2. The summed E-state index contributed by atoms with van der Waals surface area (Å²) in [5, 5.41) is -0.283. The predicted molar refractivity (Wildman–Crippen MR) is 110 cm³/mol. The molecule has 0 bridgehead atoms. The summed E-state index contributed by atoms with van der Waals surface area (Å²) in [5.74, 6) is -0.586. The molecule has 29 heavy (non-hydrogen) atoms.